The lowest BCUT2D eigenvalue weighted by Crippen LogP contribution is -2.21. The molecule has 0 aliphatic carbocycles. The van der Waals surface area contributed by atoms with Crippen molar-refractivity contribution >= 4 is 28.8 Å². The molecule has 1 amide bonds. The van der Waals surface area contributed by atoms with E-state index in [-0.39, 0.29) is 11.6 Å². The van der Waals surface area contributed by atoms with Crippen molar-refractivity contribution in [2.45, 2.75) is 6.54 Å². The fraction of sp³-hybridized carbons (Fsp3) is 0.0556. The van der Waals surface area contributed by atoms with Gasteiger partial charge in [-0.25, -0.2) is 9.48 Å². The minimum Gasteiger partial charge on any atom is -0.356 e. The molecule has 130 valence electrons. The smallest absolute Gasteiger partial charge is 0.350 e. The number of nitrogens with one attached hydrogen (secondary N) is 2. The molecule has 0 spiro atoms. The Labute approximate surface area is 152 Å². The maximum absolute atomic E-state index is 12.4. The lowest BCUT2D eigenvalue weighted by molar-refractivity contribution is 0.102. The predicted octanol–water partition coefficient (Wildman–Crippen LogP) is 2.78. The lowest BCUT2D eigenvalue weighted by Gasteiger charge is -2.06. The van der Waals surface area contributed by atoms with Gasteiger partial charge in [0.2, 0.25) is 0 Å². The number of hydrogen-bond acceptors (Lipinski definition) is 3. The van der Waals surface area contributed by atoms with E-state index >= 15 is 0 Å². The van der Waals surface area contributed by atoms with Gasteiger partial charge in [0.05, 0.1) is 11.6 Å². The molecular weight excluding hydrogens is 354 g/mol. The van der Waals surface area contributed by atoms with Gasteiger partial charge in [-0.15, -0.1) is 5.10 Å². The zero-order valence-electron chi connectivity index (χ0n) is 13.5. The number of nitrogens with zero attached hydrogens (tertiary/aromatic N) is 3. The number of pyridine rings is 1. The highest BCUT2D eigenvalue weighted by Gasteiger charge is 2.10. The first-order valence-electron chi connectivity index (χ1n) is 7.88. The summed E-state index contributed by atoms with van der Waals surface area (Å²) in [7, 11) is 0. The number of benzene rings is 1. The summed E-state index contributed by atoms with van der Waals surface area (Å²) in [6.45, 7) is 0.304. The number of aromatic nitrogens is 4. The topological polar surface area (TPSA) is 84.2 Å². The Morgan fingerprint density at radius 1 is 1.19 bits per heavy atom. The standard InChI is InChI=1S/C18H14ClN5O2/c19-13-9-15(20-10-13)17(25)21-14-5-3-4-12(8-14)11-24-18(26)23-7-2-1-6-16(23)22-24/h1-10,20H,11H2,(H,21,25). The molecule has 0 radical (unpaired) electrons. The second-order valence-corrected chi connectivity index (χ2v) is 6.19. The Morgan fingerprint density at radius 2 is 2.08 bits per heavy atom. The fourth-order valence-electron chi connectivity index (χ4n) is 2.69. The first-order valence-corrected chi connectivity index (χ1v) is 8.26. The number of fused-ring (bicyclic) bond motifs is 1. The van der Waals surface area contributed by atoms with Gasteiger partial charge in [-0.05, 0) is 35.9 Å². The molecule has 0 saturated carbocycles. The summed E-state index contributed by atoms with van der Waals surface area (Å²) in [5.41, 5.74) is 2.21. The molecule has 7 nitrogen and oxygen atoms in total. The zero-order valence-corrected chi connectivity index (χ0v) is 14.3. The van der Waals surface area contributed by atoms with Crippen LogP contribution in [-0.4, -0.2) is 25.1 Å². The minimum absolute atomic E-state index is 0.212. The molecule has 0 aliphatic heterocycles. The van der Waals surface area contributed by atoms with Gasteiger partial charge in [-0.2, -0.15) is 0 Å². The lowest BCUT2D eigenvalue weighted by atomic mass is 10.2. The average molecular weight is 368 g/mol. The Balaban J connectivity index is 1.56. The van der Waals surface area contributed by atoms with Crippen molar-refractivity contribution in [2.24, 2.45) is 0 Å². The molecule has 2 N–H and O–H groups in total. The van der Waals surface area contributed by atoms with Crippen LogP contribution in [0, 0.1) is 0 Å². The summed E-state index contributed by atoms with van der Waals surface area (Å²) < 4.78 is 2.88. The summed E-state index contributed by atoms with van der Waals surface area (Å²) in [6, 6.07) is 14.2. The van der Waals surface area contributed by atoms with Crippen LogP contribution >= 0.6 is 11.6 Å². The van der Waals surface area contributed by atoms with Gasteiger partial charge in [-0.1, -0.05) is 29.8 Å². The van der Waals surface area contributed by atoms with E-state index in [1.54, 1.807) is 42.7 Å². The fourth-order valence-corrected chi connectivity index (χ4v) is 2.85. The number of H-pyrrole nitrogens is 1. The van der Waals surface area contributed by atoms with Crippen molar-refractivity contribution in [3.63, 3.8) is 0 Å². The predicted molar refractivity (Wildman–Crippen MR) is 98.8 cm³/mol. The number of aromatic amines is 1. The Morgan fingerprint density at radius 3 is 2.85 bits per heavy atom. The van der Waals surface area contributed by atoms with Gasteiger partial charge in [0.25, 0.3) is 5.91 Å². The average Bonchev–Trinajstić information content (AvgIpc) is 3.20. The van der Waals surface area contributed by atoms with Crippen molar-refractivity contribution in [2.75, 3.05) is 5.32 Å². The number of carbonyl (C=O) groups excluding carboxylic acids is 1. The molecule has 0 atom stereocenters. The normalized spacial score (nSPS) is 11.0. The second kappa shape index (κ2) is 6.53. The number of halogens is 1. The largest absolute Gasteiger partial charge is 0.356 e. The van der Waals surface area contributed by atoms with Crippen LogP contribution in [0.4, 0.5) is 5.69 Å². The highest BCUT2D eigenvalue weighted by Crippen LogP contribution is 2.15. The third-order valence-corrected chi connectivity index (χ3v) is 4.12. The van der Waals surface area contributed by atoms with Crippen LogP contribution in [0.25, 0.3) is 5.65 Å². The van der Waals surface area contributed by atoms with Crippen LogP contribution in [-0.2, 0) is 6.54 Å². The van der Waals surface area contributed by atoms with Gasteiger partial charge < -0.3 is 10.3 Å². The Kier molecular flexibility index (Phi) is 4.06. The van der Waals surface area contributed by atoms with E-state index < -0.39 is 0 Å². The van der Waals surface area contributed by atoms with E-state index in [1.807, 2.05) is 18.2 Å². The summed E-state index contributed by atoms with van der Waals surface area (Å²) in [6.07, 6.45) is 3.22. The van der Waals surface area contributed by atoms with Crippen LogP contribution in [0.3, 0.4) is 0 Å². The third-order valence-electron chi connectivity index (χ3n) is 3.90. The van der Waals surface area contributed by atoms with Crippen LogP contribution in [0.5, 0.6) is 0 Å². The molecule has 4 rings (SSSR count). The molecule has 3 heterocycles. The van der Waals surface area contributed by atoms with Crippen LogP contribution in [0.15, 0.2) is 65.7 Å². The van der Waals surface area contributed by atoms with E-state index in [0.29, 0.717) is 28.6 Å². The molecule has 1 aromatic carbocycles. The molecule has 0 bridgehead atoms. The zero-order chi connectivity index (χ0) is 18.1. The maximum atomic E-state index is 12.4. The maximum Gasteiger partial charge on any atom is 0.350 e. The number of carbonyl (C=O) groups is 1. The van der Waals surface area contributed by atoms with Crippen molar-refractivity contribution in [1.82, 2.24) is 19.2 Å². The van der Waals surface area contributed by atoms with Crippen LogP contribution < -0.4 is 11.0 Å². The second-order valence-electron chi connectivity index (χ2n) is 5.76. The van der Waals surface area contributed by atoms with Crippen molar-refractivity contribution in [3.8, 4) is 0 Å². The monoisotopic (exact) mass is 367 g/mol. The van der Waals surface area contributed by atoms with Crippen molar-refractivity contribution in [3.05, 3.63) is 87.7 Å². The Bertz CT molecular complexity index is 1160. The van der Waals surface area contributed by atoms with Gasteiger partial charge in [0.1, 0.15) is 5.69 Å². The van der Waals surface area contributed by atoms with Crippen LogP contribution in [0.2, 0.25) is 5.02 Å². The SMILES string of the molecule is O=C(Nc1cccc(Cn2nc3ccccn3c2=O)c1)c1cc(Cl)c[nH]1. The third kappa shape index (κ3) is 3.12. The molecule has 0 saturated heterocycles. The molecule has 0 unspecified atom stereocenters. The molecule has 0 fully saturated rings. The van der Waals surface area contributed by atoms with E-state index in [2.05, 4.69) is 15.4 Å². The van der Waals surface area contributed by atoms with Gasteiger partial charge in [0.15, 0.2) is 5.65 Å². The number of hydrogen-bond donors (Lipinski definition) is 2. The van der Waals surface area contributed by atoms with E-state index in [9.17, 15) is 9.59 Å². The summed E-state index contributed by atoms with van der Waals surface area (Å²) >= 11 is 5.82. The molecule has 8 heteroatoms. The van der Waals surface area contributed by atoms with Crippen molar-refractivity contribution in [1.29, 1.82) is 0 Å². The molecule has 3 aromatic heterocycles. The molecule has 0 aliphatic rings. The number of rotatable bonds is 4. The van der Waals surface area contributed by atoms with Gasteiger partial charge >= 0.3 is 5.69 Å². The number of amides is 1. The molecule has 4 aromatic rings. The minimum atomic E-state index is -0.293. The number of anilines is 1. The van der Waals surface area contributed by atoms with E-state index in [1.165, 1.54) is 9.08 Å². The Hall–Kier alpha value is -3.32. The van der Waals surface area contributed by atoms with Gasteiger partial charge in [0, 0.05) is 18.1 Å². The summed E-state index contributed by atoms with van der Waals surface area (Å²) in [4.78, 5) is 27.4. The molecular formula is C18H14ClN5O2. The quantitative estimate of drug-likeness (QED) is 0.581. The van der Waals surface area contributed by atoms with Crippen LogP contribution in [0.1, 0.15) is 16.1 Å². The highest BCUT2D eigenvalue weighted by molar-refractivity contribution is 6.31. The molecule has 26 heavy (non-hydrogen) atoms. The highest BCUT2D eigenvalue weighted by atomic mass is 35.5. The van der Waals surface area contributed by atoms with Gasteiger partial charge in [-0.3, -0.25) is 9.20 Å². The summed E-state index contributed by atoms with van der Waals surface area (Å²) in [5, 5.41) is 7.57. The van der Waals surface area contributed by atoms with Crippen molar-refractivity contribution < 1.29 is 4.79 Å². The van der Waals surface area contributed by atoms with E-state index in [4.69, 9.17) is 11.6 Å². The first-order chi connectivity index (χ1) is 12.6. The summed E-state index contributed by atoms with van der Waals surface area (Å²) in [5.74, 6) is -0.293. The van der Waals surface area contributed by atoms with E-state index in [0.717, 1.165) is 5.56 Å². The first kappa shape index (κ1) is 16.2.